The van der Waals surface area contributed by atoms with Crippen molar-refractivity contribution in [3.8, 4) is 5.75 Å². The summed E-state index contributed by atoms with van der Waals surface area (Å²) in [4.78, 5) is 0. The average molecular weight is 298 g/mol. The number of hydrogen-bond acceptors (Lipinski definition) is 1. The second-order valence-electron chi connectivity index (χ2n) is 6.39. The SMILES string of the molecule is CCc1ccc(C2(Oc3ccc(C)cc3F)CCC2)c(C)c1. The molecule has 1 saturated carbocycles. The van der Waals surface area contributed by atoms with Gasteiger partial charge in [-0.3, -0.25) is 0 Å². The third kappa shape index (κ3) is 2.63. The van der Waals surface area contributed by atoms with E-state index in [2.05, 4.69) is 32.0 Å². The van der Waals surface area contributed by atoms with Crippen molar-refractivity contribution in [2.24, 2.45) is 0 Å². The first-order valence-electron chi connectivity index (χ1n) is 8.09. The van der Waals surface area contributed by atoms with E-state index in [1.807, 2.05) is 13.0 Å². The molecule has 116 valence electrons. The van der Waals surface area contributed by atoms with Crippen LogP contribution in [0.15, 0.2) is 36.4 Å². The van der Waals surface area contributed by atoms with Crippen LogP contribution in [0.4, 0.5) is 4.39 Å². The van der Waals surface area contributed by atoms with Crippen molar-refractivity contribution in [1.82, 2.24) is 0 Å². The summed E-state index contributed by atoms with van der Waals surface area (Å²) >= 11 is 0. The highest BCUT2D eigenvalue weighted by molar-refractivity contribution is 5.39. The fourth-order valence-corrected chi connectivity index (χ4v) is 3.28. The Morgan fingerprint density at radius 1 is 1.09 bits per heavy atom. The minimum Gasteiger partial charge on any atom is -0.479 e. The summed E-state index contributed by atoms with van der Waals surface area (Å²) in [7, 11) is 0. The van der Waals surface area contributed by atoms with Crippen molar-refractivity contribution in [3.05, 3.63) is 64.5 Å². The smallest absolute Gasteiger partial charge is 0.165 e. The van der Waals surface area contributed by atoms with Crippen LogP contribution in [0.2, 0.25) is 0 Å². The van der Waals surface area contributed by atoms with E-state index in [1.165, 1.54) is 22.8 Å². The van der Waals surface area contributed by atoms with Gasteiger partial charge in [0.2, 0.25) is 0 Å². The Morgan fingerprint density at radius 3 is 2.41 bits per heavy atom. The second kappa shape index (κ2) is 5.75. The van der Waals surface area contributed by atoms with Gasteiger partial charge in [-0.05, 0) is 73.9 Å². The van der Waals surface area contributed by atoms with Crippen LogP contribution in [-0.2, 0) is 12.0 Å². The van der Waals surface area contributed by atoms with Gasteiger partial charge in [0.25, 0.3) is 0 Å². The highest BCUT2D eigenvalue weighted by atomic mass is 19.1. The molecule has 1 nitrogen and oxygen atoms in total. The summed E-state index contributed by atoms with van der Waals surface area (Å²) in [6, 6.07) is 11.7. The first-order valence-corrected chi connectivity index (χ1v) is 8.09. The van der Waals surface area contributed by atoms with Crippen LogP contribution < -0.4 is 4.74 Å². The van der Waals surface area contributed by atoms with Crippen molar-refractivity contribution in [2.45, 2.75) is 52.1 Å². The summed E-state index contributed by atoms with van der Waals surface area (Å²) in [5.74, 6) is 0.0957. The van der Waals surface area contributed by atoms with Crippen LogP contribution in [0, 0.1) is 19.7 Å². The Morgan fingerprint density at radius 2 is 1.86 bits per heavy atom. The Balaban J connectivity index is 1.95. The summed E-state index contributed by atoms with van der Waals surface area (Å²) in [6.07, 6.45) is 4.06. The molecule has 0 aromatic heterocycles. The molecule has 1 fully saturated rings. The van der Waals surface area contributed by atoms with Crippen molar-refractivity contribution >= 4 is 0 Å². The highest BCUT2D eigenvalue weighted by Gasteiger charge is 2.42. The van der Waals surface area contributed by atoms with E-state index in [1.54, 1.807) is 6.07 Å². The van der Waals surface area contributed by atoms with Crippen molar-refractivity contribution in [1.29, 1.82) is 0 Å². The largest absolute Gasteiger partial charge is 0.479 e. The molecule has 22 heavy (non-hydrogen) atoms. The van der Waals surface area contributed by atoms with Crippen molar-refractivity contribution in [3.63, 3.8) is 0 Å². The molecule has 3 rings (SSSR count). The molecule has 0 unspecified atom stereocenters. The summed E-state index contributed by atoms with van der Waals surface area (Å²) in [6.45, 7) is 6.18. The van der Waals surface area contributed by atoms with E-state index in [0.29, 0.717) is 5.75 Å². The van der Waals surface area contributed by atoms with Gasteiger partial charge in [0.05, 0.1) is 0 Å². The first kappa shape index (κ1) is 15.1. The van der Waals surface area contributed by atoms with E-state index >= 15 is 0 Å². The predicted octanol–water partition coefficient (Wildman–Crippen LogP) is 5.46. The molecule has 0 radical (unpaired) electrons. The molecule has 0 spiro atoms. The number of hydrogen-bond donors (Lipinski definition) is 0. The zero-order chi connectivity index (χ0) is 15.7. The zero-order valence-electron chi connectivity index (χ0n) is 13.6. The van der Waals surface area contributed by atoms with Gasteiger partial charge < -0.3 is 4.74 Å². The third-order valence-electron chi connectivity index (χ3n) is 4.74. The number of rotatable bonds is 4. The fourth-order valence-electron chi connectivity index (χ4n) is 3.28. The molecule has 2 aromatic rings. The van der Waals surface area contributed by atoms with Gasteiger partial charge >= 0.3 is 0 Å². The second-order valence-corrected chi connectivity index (χ2v) is 6.39. The minimum absolute atomic E-state index is 0.269. The molecule has 0 amide bonds. The number of ether oxygens (including phenoxy) is 1. The lowest BCUT2D eigenvalue weighted by molar-refractivity contribution is -0.0158. The molecule has 0 N–H and O–H groups in total. The minimum atomic E-state index is -0.355. The quantitative estimate of drug-likeness (QED) is 0.728. The highest BCUT2D eigenvalue weighted by Crippen LogP contribution is 2.46. The number of halogens is 1. The molecule has 0 heterocycles. The molecule has 0 atom stereocenters. The Bertz CT molecular complexity index is 686. The number of aryl methyl sites for hydroxylation is 3. The summed E-state index contributed by atoms with van der Waals surface area (Å²) in [5.41, 5.74) is 4.34. The van der Waals surface area contributed by atoms with Crippen LogP contribution in [0.3, 0.4) is 0 Å². The lowest BCUT2D eigenvalue weighted by Gasteiger charge is -2.43. The third-order valence-corrected chi connectivity index (χ3v) is 4.74. The normalized spacial score (nSPS) is 16.2. The Hall–Kier alpha value is -1.83. The zero-order valence-corrected chi connectivity index (χ0v) is 13.6. The predicted molar refractivity (Wildman–Crippen MR) is 87.9 cm³/mol. The van der Waals surface area contributed by atoms with E-state index in [0.717, 1.165) is 31.2 Å². The van der Waals surface area contributed by atoms with Crippen LogP contribution >= 0.6 is 0 Å². The average Bonchev–Trinajstić information content (AvgIpc) is 2.45. The number of benzene rings is 2. The van der Waals surface area contributed by atoms with Gasteiger partial charge in [-0.2, -0.15) is 0 Å². The molecule has 1 aliphatic rings. The maximum absolute atomic E-state index is 14.2. The van der Waals surface area contributed by atoms with Crippen LogP contribution in [0.1, 0.15) is 48.4 Å². The molecule has 0 aliphatic heterocycles. The van der Waals surface area contributed by atoms with E-state index in [4.69, 9.17) is 4.74 Å². The lowest BCUT2D eigenvalue weighted by Crippen LogP contribution is -2.41. The molecule has 2 heteroatoms. The Kier molecular flexibility index (Phi) is 3.94. The maximum atomic E-state index is 14.2. The topological polar surface area (TPSA) is 9.23 Å². The maximum Gasteiger partial charge on any atom is 0.165 e. The molecule has 1 aliphatic carbocycles. The van der Waals surface area contributed by atoms with E-state index in [-0.39, 0.29) is 11.4 Å². The molecule has 2 aromatic carbocycles. The van der Waals surface area contributed by atoms with Gasteiger partial charge in [0.15, 0.2) is 11.6 Å². The van der Waals surface area contributed by atoms with Crippen LogP contribution in [-0.4, -0.2) is 0 Å². The van der Waals surface area contributed by atoms with Gasteiger partial charge in [-0.15, -0.1) is 0 Å². The molecular weight excluding hydrogens is 275 g/mol. The van der Waals surface area contributed by atoms with Gasteiger partial charge in [-0.25, -0.2) is 4.39 Å². The van der Waals surface area contributed by atoms with Gasteiger partial charge in [0, 0.05) is 0 Å². The molecule has 0 bridgehead atoms. The molecular formula is C20H23FO. The van der Waals surface area contributed by atoms with Gasteiger partial charge in [0.1, 0.15) is 5.60 Å². The van der Waals surface area contributed by atoms with Gasteiger partial charge in [-0.1, -0.05) is 31.2 Å². The monoisotopic (exact) mass is 298 g/mol. The van der Waals surface area contributed by atoms with Crippen molar-refractivity contribution < 1.29 is 9.13 Å². The Labute approximate surface area is 132 Å². The standard InChI is InChI=1S/C20H23FO/c1-4-16-7-8-17(15(3)13-16)20(10-5-11-20)22-19-9-6-14(2)12-18(19)21/h6-9,12-13H,4-5,10-11H2,1-3H3. The lowest BCUT2D eigenvalue weighted by atomic mass is 9.73. The first-order chi connectivity index (χ1) is 10.5. The summed E-state index contributed by atoms with van der Waals surface area (Å²) < 4.78 is 20.3. The van der Waals surface area contributed by atoms with E-state index in [9.17, 15) is 4.39 Å². The van der Waals surface area contributed by atoms with Crippen LogP contribution in [0.5, 0.6) is 5.75 Å². The van der Waals surface area contributed by atoms with Crippen LogP contribution in [0.25, 0.3) is 0 Å². The van der Waals surface area contributed by atoms with Crippen molar-refractivity contribution in [2.75, 3.05) is 0 Å². The van der Waals surface area contributed by atoms with E-state index < -0.39 is 0 Å². The molecule has 0 saturated heterocycles. The fraction of sp³-hybridized carbons (Fsp3) is 0.400. The summed E-state index contributed by atoms with van der Waals surface area (Å²) in [5, 5.41) is 0.